The van der Waals surface area contributed by atoms with E-state index in [9.17, 15) is 9.90 Å². The average Bonchev–Trinajstić information content (AvgIpc) is 2.88. The van der Waals surface area contributed by atoms with Crippen molar-refractivity contribution in [1.29, 1.82) is 0 Å². The van der Waals surface area contributed by atoms with Gasteiger partial charge in [0.1, 0.15) is 0 Å². The Kier molecular flexibility index (Phi) is 3.75. The first-order valence-electron chi connectivity index (χ1n) is 10.0. The topological polar surface area (TPSA) is 37.3 Å². The van der Waals surface area contributed by atoms with Crippen LogP contribution < -0.4 is 0 Å². The lowest BCUT2D eigenvalue weighted by Crippen LogP contribution is -2.53. The van der Waals surface area contributed by atoms with Crippen LogP contribution in [0, 0.1) is 29.1 Å². The van der Waals surface area contributed by atoms with Crippen LogP contribution >= 0.6 is 0 Å². The average molecular weight is 316 g/mol. The van der Waals surface area contributed by atoms with Crippen LogP contribution in [-0.4, -0.2) is 16.5 Å². The van der Waals surface area contributed by atoms with Crippen molar-refractivity contribution in [3.63, 3.8) is 0 Å². The molecule has 0 aromatic heterocycles. The number of hydrogen-bond acceptors (Lipinski definition) is 2. The van der Waals surface area contributed by atoms with E-state index in [1.807, 2.05) is 6.08 Å². The number of allylic oxidation sites excluding steroid dienone is 1. The molecular weight excluding hydrogens is 284 g/mol. The van der Waals surface area contributed by atoms with E-state index in [2.05, 4.69) is 13.8 Å². The first kappa shape index (κ1) is 15.9. The summed E-state index contributed by atoms with van der Waals surface area (Å²) in [5.41, 5.74) is 1.22. The number of hydrogen-bond donors (Lipinski definition) is 1. The van der Waals surface area contributed by atoms with Gasteiger partial charge in [-0.1, -0.05) is 19.4 Å². The van der Waals surface area contributed by atoms with Gasteiger partial charge in [0.15, 0.2) is 5.78 Å². The molecule has 3 saturated carbocycles. The van der Waals surface area contributed by atoms with Crippen LogP contribution in [0.25, 0.3) is 0 Å². The maximum Gasteiger partial charge on any atom is 0.155 e. The summed E-state index contributed by atoms with van der Waals surface area (Å²) in [6, 6.07) is 0. The van der Waals surface area contributed by atoms with E-state index >= 15 is 0 Å². The fourth-order valence-electron chi connectivity index (χ4n) is 7.40. The molecule has 2 nitrogen and oxygen atoms in total. The van der Waals surface area contributed by atoms with Crippen LogP contribution in [0.3, 0.4) is 0 Å². The zero-order valence-corrected chi connectivity index (χ0v) is 14.8. The van der Waals surface area contributed by atoms with Gasteiger partial charge in [-0.3, -0.25) is 4.79 Å². The third-order valence-electron chi connectivity index (χ3n) is 8.52. The van der Waals surface area contributed by atoms with Gasteiger partial charge in [-0.2, -0.15) is 0 Å². The third kappa shape index (κ3) is 2.06. The minimum atomic E-state index is -0.421. The van der Waals surface area contributed by atoms with Crippen LogP contribution in [0.2, 0.25) is 0 Å². The second-order valence-electron chi connectivity index (χ2n) is 8.78. The van der Waals surface area contributed by atoms with Crippen LogP contribution in [0.15, 0.2) is 11.6 Å². The lowest BCUT2D eigenvalue weighted by atomic mass is 9.49. The fourth-order valence-corrected chi connectivity index (χ4v) is 7.40. The zero-order chi connectivity index (χ0) is 16.2. The number of carbonyl (C=O) groups excluding carboxylic acids is 1. The highest BCUT2D eigenvalue weighted by Crippen LogP contribution is 2.66. The van der Waals surface area contributed by atoms with Gasteiger partial charge in [0.2, 0.25) is 0 Å². The third-order valence-corrected chi connectivity index (χ3v) is 8.52. The monoisotopic (exact) mass is 316 g/mol. The molecule has 0 saturated heterocycles. The van der Waals surface area contributed by atoms with Crippen molar-refractivity contribution in [3.05, 3.63) is 11.6 Å². The Labute approximate surface area is 140 Å². The highest BCUT2D eigenvalue weighted by molar-refractivity contribution is 5.91. The molecule has 4 aliphatic carbocycles. The lowest BCUT2D eigenvalue weighted by Gasteiger charge is -2.57. The summed E-state index contributed by atoms with van der Waals surface area (Å²) in [6.07, 6.45) is 13.0. The predicted molar refractivity (Wildman–Crippen MR) is 92.0 cm³/mol. The molecule has 0 aliphatic heterocycles. The molecule has 0 unspecified atom stereocenters. The summed E-state index contributed by atoms with van der Waals surface area (Å²) in [6.45, 7) is 4.49. The number of ketones is 1. The first-order chi connectivity index (χ1) is 11.0. The Balaban J connectivity index is 1.65. The summed E-state index contributed by atoms with van der Waals surface area (Å²) in [4.78, 5) is 11.8. The second kappa shape index (κ2) is 5.44. The van der Waals surface area contributed by atoms with Gasteiger partial charge in [-0.15, -0.1) is 0 Å². The largest absolute Gasteiger partial charge is 0.389 e. The van der Waals surface area contributed by atoms with E-state index in [4.69, 9.17) is 0 Å². The number of aliphatic hydroxyl groups is 1. The van der Waals surface area contributed by atoms with E-state index in [1.54, 1.807) is 0 Å². The van der Waals surface area contributed by atoms with Crippen LogP contribution in [0.1, 0.15) is 78.1 Å². The molecule has 0 aromatic carbocycles. The zero-order valence-electron chi connectivity index (χ0n) is 14.8. The van der Waals surface area contributed by atoms with Crippen molar-refractivity contribution in [2.75, 3.05) is 0 Å². The molecule has 0 radical (unpaired) electrons. The van der Waals surface area contributed by atoms with E-state index in [0.29, 0.717) is 11.7 Å². The van der Waals surface area contributed by atoms with Crippen molar-refractivity contribution in [3.8, 4) is 0 Å². The van der Waals surface area contributed by atoms with Gasteiger partial charge in [0.25, 0.3) is 0 Å². The molecule has 128 valence electrons. The maximum atomic E-state index is 11.8. The smallest absolute Gasteiger partial charge is 0.155 e. The molecule has 0 aromatic rings. The van der Waals surface area contributed by atoms with Gasteiger partial charge >= 0.3 is 0 Å². The fraction of sp³-hybridized carbons (Fsp3) is 0.857. The summed E-state index contributed by atoms with van der Waals surface area (Å²) >= 11 is 0. The number of carbonyl (C=O) groups is 1. The Morgan fingerprint density at radius 2 is 1.87 bits per heavy atom. The van der Waals surface area contributed by atoms with Gasteiger partial charge in [-0.05, 0) is 87.5 Å². The van der Waals surface area contributed by atoms with Gasteiger partial charge in [0.05, 0.1) is 5.60 Å². The van der Waals surface area contributed by atoms with E-state index in [-0.39, 0.29) is 5.41 Å². The normalized spacial score (nSPS) is 49.2. The summed E-state index contributed by atoms with van der Waals surface area (Å²) in [5, 5.41) is 11.3. The Morgan fingerprint density at radius 1 is 1.04 bits per heavy atom. The summed E-state index contributed by atoms with van der Waals surface area (Å²) in [5.74, 6) is 3.33. The summed E-state index contributed by atoms with van der Waals surface area (Å²) in [7, 11) is 0. The van der Waals surface area contributed by atoms with Crippen LogP contribution in [0.5, 0.6) is 0 Å². The lowest BCUT2D eigenvalue weighted by molar-refractivity contribution is -0.132. The first-order valence-corrected chi connectivity index (χ1v) is 10.0. The molecule has 0 bridgehead atoms. The minimum absolute atomic E-state index is 0.175. The van der Waals surface area contributed by atoms with Gasteiger partial charge in [-0.25, -0.2) is 0 Å². The Bertz CT molecular complexity index is 536. The van der Waals surface area contributed by atoms with Crippen LogP contribution in [-0.2, 0) is 4.79 Å². The molecule has 3 fully saturated rings. The van der Waals surface area contributed by atoms with Gasteiger partial charge < -0.3 is 5.11 Å². The molecule has 23 heavy (non-hydrogen) atoms. The molecule has 4 rings (SSSR count). The van der Waals surface area contributed by atoms with E-state index in [1.165, 1.54) is 31.3 Å². The standard InChI is InChI=1S/C21H32O2/c1-3-20-11-9-17-16-8-6-15(22)13-14(16)5-7-18(17)19(20)10-12-21(20,23)4-2/h13,16-19,23H,3-12H2,1-2H3/t16-,17+,18+,19-,20-,21-/m0/s1. The molecule has 1 N–H and O–H groups in total. The molecule has 4 aliphatic rings. The quantitative estimate of drug-likeness (QED) is 0.804. The Hall–Kier alpha value is -0.630. The molecule has 2 heteroatoms. The van der Waals surface area contributed by atoms with E-state index in [0.717, 1.165) is 56.3 Å². The highest BCUT2D eigenvalue weighted by Gasteiger charge is 2.62. The number of fused-ring (bicyclic) bond motifs is 5. The van der Waals surface area contributed by atoms with Crippen molar-refractivity contribution in [2.24, 2.45) is 29.1 Å². The summed E-state index contributed by atoms with van der Waals surface area (Å²) < 4.78 is 0. The molecule has 0 amide bonds. The second-order valence-corrected chi connectivity index (χ2v) is 8.78. The van der Waals surface area contributed by atoms with Crippen molar-refractivity contribution in [1.82, 2.24) is 0 Å². The van der Waals surface area contributed by atoms with E-state index < -0.39 is 5.60 Å². The Morgan fingerprint density at radius 3 is 2.61 bits per heavy atom. The number of rotatable bonds is 2. The van der Waals surface area contributed by atoms with Crippen LogP contribution in [0.4, 0.5) is 0 Å². The predicted octanol–water partition coefficient (Wildman–Crippen LogP) is 4.66. The van der Waals surface area contributed by atoms with Crippen molar-refractivity contribution < 1.29 is 9.90 Å². The highest BCUT2D eigenvalue weighted by atomic mass is 16.3. The maximum absolute atomic E-state index is 11.8. The molecule has 0 heterocycles. The van der Waals surface area contributed by atoms with Crippen molar-refractivity contribution in [2.45, 2.75) is 83.7 Å². The van der Waals surface area contributed by atoms with Crippen molar-refractivity contribution >= 4 is 5.78 Å². The van der Waals surface area contributed by atoms with Gasteiger partial charge in [0, 0.05) is 11.8 Å². The molecule has 0 spiro atoms. The molecular formula is C21H32O2. The SMILES string of the molecule is CC[C@]1(O)CC[C@H]2[C@@H]3CCC4=CC(=O)CC[C@@H]4[C@H]3CC[C@@]21CC. The minimum Gasteiger partial charge on any atom is -0.389 e. The molecule has 6 atom stereocenters.